The number of carbonyl (C=O) groups excluding carboxylic acids is 5. The van der Waals surface area contributed by atoms with E-state index in [2.05, 4.69) is 0 Å². The second-order valence-electron chi connectivity index (χ2n) is 5.25. The van der Waals surface area contributed by atoms with Gasteiger partial charge >= 0.3 is 17.9 Å². The molecule has 25 heavy (non-hydrogen) atoms. The van der Waals surface area contributed by atoms with E-state index in [0.29, 0.717) is 5.06 Å². The van der Waals surface area contributed by atoms with Gasteiger partial charge in [-0.05, 0) is 6.42 Å². The molecule has 1 fully saturated rings. The Bertz CT molecular complexity index is 503. The second-order valence-corrected chi connectivity index (χ2v) is 5.25. The number of carbonyl (C=O) groups is 5. The Morgan fingerprint density at radius 3 is 2.04 bits per heavy atom. The maximum atomic E-state index is 11.6. The smallest absolute Gasteiger partial charge is 0.333 e. The van der Waals surface area contributed by atoms with Crippen LogP contribution in [0.3, 0.4) is 0 Å². The fourth-order valence-corrected chi connectivity index (χ4v) is 1.84. The lowest BCUT2D eigenvalue weighted by Gasteiger charge is -2.17. The van der Waals surface area contributed by atoms with Gasteiger partial charge in [0.15, 0.2) is 0 Å². The minimum absolute atomic E-state index is 0. The second kappa shape index (κ2) is 10.4. The topological polar surface area (TPSA) is 126 Å². The minimum Gasteiger partial charge on any atom is -0.463 e. The molecule has 0 aromatic rings. The van der Waals surface area contributed by atoms with Crippen molar-refractivity contribution in [2.75, 3.05) is 19.8 Å². The van der Waals surface area contributed by atoms with Crippen LogP contribution in [0.1, 0.15) is 41.0 Å². The van der Waals surface area contributed by atoms with Gasteiger partial charge in [-0.3, -0.25) is 19.2 Å². The van der Waals surface area contributed by atoms with E-state index in [0.717, 1.165) is 0 Å². The normalized spacial score (nSPS) is 14.0. The maximum Gasteiger partial charge on any atom is 0.333 e. The average molecular weight is 361 g/mol. The molecule has 0 N–H and O–H groups in total. The van der Waals surface area contributed by atoms with E-state index in [4.69, 9.17) is 19.0 Å². The molecule has 1 rings (SSSR count). The molecule has 0 aromatic heterocycles. The lowest BCUT2D eigenvalue weighted by atomic mass is 10.3. The highest BCUT2D eigenvalue weighted by atomic mass is 16.7. The van der Waals surface area contributed by atoms with E-state index in [1.807, 2.05) is 0 Å². The summed E-state index contributed by atoms with van der Waals surface area (Å²) in [6, 6.07) is 0. The molecule has 10 nitrogen and oxygen atoms in total. The van der Waals surface area contributed by atoms with Gasteiger partial charge in [-0.15, -0.1) is 5.06 Å². The third-order valence-electron chi connectivity index (χ3n) is 3.02. The molecule has 0 unspecified atom stereocenters. The molecule has 1 heterocycles. The van der Waals surface area contributed by atoms with Gasteiger partial charge in [0.05, 0.1) is 6.42 Å². The summed E-state index contributed by atoms with van der Waals surface area (Å²) in [5.41, 5.74) is 0. The van der Waals surface area contributed by atoms with Crippen molar-refractivity contribution >= 4 is 29.7 Å². The van der Waals surface area contributed by atoms with Crippen LogP contribution in [-0.4, -0.2) is 60.7 Å². The minimum atomic E-state index is -0.733. The summed E-state index contributed by atoms with van der Waals surface area (Å²) in [5.74, 6) is -2.82. The summed E-state index contributed by atoms with van der Waals surface area (Å²) < 4.78 is 15.0. The molecule has 0 radical (unpaired) electrons. The van der Waals surface area contributed by atoms with E-state index in [1.165, 1.54) is 13.8 Å². The molecular formula is C15H23NO9. The van der Waals surface area contributed by atoms with Crippen molar-refractivity contribution in [2.24, 2.45) is 0 Å². The molecular weight excluding hydrogens is 338 g/mol. The van der Waals surface area contributed by atoms with Gasteiger partial charge in [-0.25, -0.2) is 4.79 Å². The number of nitrogens with zero attached hydrogens (tertiary/aromatic N) is 1. The summed E-state index contributed by atoms with van der Waals surface area (Å²) in [6.07, 6.45) is -0.436. The molecule has 1 aliphatic rings. The van der Waals surface area contributed by atoms with Gasteiger partial charge in [-0.2, -0.15) is 0 Å². The summed E-state index contributed by atoms with van der Waals surface area (Å²) in [4.78, 5) is 60.6. The molecule has 0 spiro atoms. The number of hydrogen-bond donors (Lipinski definition) is 0. The Labute approximate surface area is 145 Å². The summed E-state index contributed by atoms with van der Waals surface area (Å²) in [6.45, 7) is 2.39. The van der Waals surface area contributed by atoms with Gasteiger partial charge in [0, 0.05) is 34.7 Å². The number of esters is 2. The standard InChI is InChI=1S/C15H21NO9.H2/c1-10(17)23-8-12(9-24-11(2)18)22-7-3-4-15(21)25-16-13(19)5-6-14(16)20;/h12H,3-9H2,1-2H3;1H. The van der Waals surface area contributed by atoms with Crippen molar-refractivity contribution in [3.63, 3.8) is 0 Å². The zero-order valence-corrected chi connectivity index (χ0v) is 14.1. The fraction of sp³-hybridized carbons (Fsp3) is 0.667. The molecule has 1 saturated heterocycles. The number of rotatable bonds is 10. The van der Waals surface area contributed by atoms with Crippen molar-refractivity contribution in [1.82, 2.24) is 5.06 Å². The Morgan fingerprint density at radius 2 is 1.56 bits per heavy atom. The Balaban J connectivity index is 0.00000625. The molecule has 0 aliphatic carbocycles. The van der Waals surface area contributed by atoms with Crippen LogP contribution in [0.15, 0.2) is 0 Å². The van der Waals surface area contributed by atoms with Crippen LogP contribution in [0.5, 0.6) is 0 Å². The van der Waals surface area contributed by atoms with Gasteiger partial charge in [-0.1, -0.05) is 0 Å². The predicted molar refractivity (Wildman–Crippen MR) is 81.5 cm³/mol. The van der Waals surface area contributed by atoms with Crippen molar-refractivity contribution < 1.29 is 44.4 Å². The number of amides is 2. The highest BCUT2D eigenvalue weighted by molar-refractivity contribution is 6.01. The Hall–Kier alpha value is -2.49. The number of ether oxygens (including phenoxy) is 3. The van der Waals surface area contributed by atoms with Gasteiger partial charge in [0.25, 0.3) is 11.8 Å². The van der Waals surface area contributed by atoms with Gasteiger partial charge in [0.2, 0.25) is 0 Å². The van der Waals surface area contributed by atoms with Gasteiger partial charge in [0.1, 0.15) is 19.3 Å². The van der Waals surface area contributed by atoms with Crippen LogP contribution < -0.4 is 0 Å². The van der Waals surface area contributed by atoms with Crippen LogP contribution in [0.25, 0.3) is 0 Å². The quantitative estimate of drug-likeness (QED) is 0.303. The summed E-state index contributed by atoms with van der Waals surface area (Å²) in [5, 5.41) is 0.480. The molecule has 0 aromatic carbocycles. The highest BCUT2D eigenvalue weighted by Crippen LogP contribution is 2.13. The highest BCUT2D eigenvalue weighted by Gasteiger charge is 2.32. The third kappa shape index (κ3) is 8.25. The molecule has 0 atom stereocenters. The molecule has 142 valence electrons. The first-order valence-electron chi connectivity index (χ1n) is 7.74. The van der Waals surface area contributed by atoms with Crippen molar-refractivity contribution in [3.8, 4) is 0 Å². The summed E-state index contributed by atoms with van der Waals surface area (Å²) >= 11 is 0. The Morgan fingerprint density at radius 1 is 1.04 bits per heavy atom. The number of hydrogen-bond acceptors (Lipinski definition) is 9. The lowest BCUT2D eigenvalue weighted by Crippen LogP contribution is -2.32. The zero-order chi connectivity index (χ0) is 18.8. The van der Waals surface area contributed by atoms with E-state index < -0.39 is 35.8 Å². The Kier molecular flexibility index (Phi) is 8.54. The third-order valence-corrected chi connectivity index (χ3v) is 3.02. The van der Waals surface area contributed by atoms with Crippen LogP contribution in [0.2, 0.25) is 0 Å². The predicted octanol–water partition coefficient (Wildman–Crippen LogP) is 0.131. The molecule has 10 heteroatoms. The lowest BCUT2D eigenvalue weighted by molar-refractivity contribution is -0.197. The van der Waals surface area contributed by atoms with Crippen molar-refractivity contribution in [2.45, 2.75) is 45.6 Å². The fourth-order valence-electron chi connectivity index (χ4n) is 1.84. The molecule has 2 amide bonds. The zero-order valence-electron chi connectivity index (χ0n) is 14.1. The van der Waals surface area contributed by atoms with E-state index in [1.54, 1.807) is 0 Å². The molecule has 0 bridgehead atoms. The largest absolute Gasteiger partial charge is 0.463 e. The molecule has 0 saturated carbocycles. The van der Waals surface area contributed by atoms with Crippen LogP contribution in [-0.2, 0) is 43.0 Å². The van der Waals surface area contributed by atoms with E-state index in [-0.39, 0.29) is 46.9 Å². The number of imide groups is 1. The average Bonchev–Trinajstić information content (AvgIpc) is 2.84. The first-order chi connectivity index (χ1) is 11.8. The first kappa shape index (κ1) is 20.6. The van der Waals surface area contributed by atoms with Crippen LogP contribution in [0.4, 0.5) is 0 Å². The maximum absolute atomic E-state index is 11.6. The SMILES string of the molecule is CC(=O)OCC(COC(C)=O)OCCCC(=O)ON1C(=O)CCC1=O.[HH]. The van der Waals surface area contributed by atoms with Crippen molar-refractivity contribution in [3.05, 3.63) is 0 Å². The van der Waals surface area contributed by atoms with Crippen LogP contribution >= 0.6 is 0 Å². The van der Waals surface area contributed by atoms with E-state index in [9.17, 15) is 24.0 Å². The van der Waals surface area contributed by atoms with Crippen LogP contribution in [0, 0.1) is 0 Å². The van der Waals surface area contributed by atoms with Gasteiger partial charge < -0.3 is 19.0 Å². The number of hydroxylamine groups is 2. The first-order valence-corrected chi connectivity index (χ1v) is 7.74. The molecule has 1 aliphatic heterocycles. The van der Waals surface area contributed by atoms with E-state index >= 15 is 0 Å². The van der Waals surface area contributed by atoms with Crippen molar-refractivity contribution in [1.29, 1.82) is 0 Å². The summed E-state index contributed by atoms with van der Waals surface area (Å²) in [7, 11) is 0. The monoisotopic (exact) mass is 361 g/mol.